The third-order valence-electron chi connectivity index (χ3n) is 8.83. The van der Waals surface area contributed by atoms with Crippen LogP contribution in [-0.2, 0) is 21.9 Å². The molecule has 1 N–H and O–H groups in total. The number of halogens is 7. The Kier molecular flexibility index (Phi) is 8.61. The fraction of sp³-hybridized carbons (Fsp3) is 0.567. The van der Waals surface area contributed by atoms with Gasteiger partial charge in [-0.1, -0.05) is 12.1 Å². The van der Waals surface area contributed by atoms with E-state index in [0.29, 0.717) is 64.0 Å². The Labute approximate surface area is 239 Å². The molecule has 42 heavy (non-hydrogen) atoms. The first-order valence-corrected chi connectivity index (χ1v) is 14.1. The van der Waals surface area contributed by atoms with E-state index >= 15 is 0 Å². The average Bonchev–Trinajstić information content (AvgIpc) is 3.29. The molecule has 3 aliphatic rings. The molecule has 2 aromatic rings. The molecule has 0 bridgehead atoms. The molecule has 12 heteroatoms. The number of alkyl halides is 6. The van der Waals surface area contributed by atoms with Crippen molar-refractivity contribution in [3.8, 4) is 0 Å². The van der Waals surface area contributed by atoms with Crippen LogP contribution in [0.2, 0.25) is 0 Å². The van der Waals surface area contributed by atoms with Crippen molar-refractivity contribution < 1.29 is 45.4 Å². The number of benzene rings is 2. The van der Waals surface area contributed by atoms with Gasteiger partial charge in [-0.25, -0.2) is 4.39 Å². The Hall–Kier alpha value is -2.70. The summed E-state index contributed by atoms with van der Waals surface area (Å²) in [6.07, 6.45) is -10.00. The highest BCUT2D eigenvalue weighted by molar-refractivity contribution is 5.79. The maximum absolute atomic E-state index is 13.8. The van der Waals surface area contributed by atoms with E-state index in [4.69, 9.17) is 4.74 Å². The van der Waals surface area contributed by atoms with Crippen molar-refractivity contribution >= 4 is 5.91 Å². The first-order valence-electron chi connectivity index (χ1n) is 14.1. The lowest BCUT2D eigenvalue weighted by Gasteiger charge is -2.39. The van der Waals surface area contributed by atoms with Crippen LogP contribution >= 0.6 is 0 Å². The molecule has 0 saturated carbocycles. The number of nitrogens with zero attached hydrogens (tertiary/aromatic N) is 2. The van der Waals surface area contributed by atoms with Crippen molar-refractivity contribution in [1.82, 2.24) is 9.80 Å². The summed E-state index contributed by atoms with van der Waals surface area (Å²) in [6, 6.07) is 7.06. The van der Waals surface area contributed by atoms with Gasteiger partial charge in [-0.15, -0.1) is 0 Å². The smallest absolute Gasteiger partial charge is 0.393 e. The van der Waals surface area contributed by atoms with Gasteiger partial charge in [0.15, 0.2) is 0 Å². The normalized spacial score (nSPS) is 26.7. The topological polar surface area (TPSA) is 53.0 Å². The van der Waals surface area contributed by atoms with Crippen LogP contribution in [0.1, 0.15) is 66.9 Å². The van der Waals surface area contributed by atoms with Crippen LogP contribution in [0.25, 0.3) is 0 Å². The van der Waals surface area contributed by atoms with Gasteiger partial charge in [0.1, 0.15) is 5.82 Å². The Balaban J connectivity index is 1.40. The fourth-order valence-electron chi connectivity index (χ4n) is 6.61. The second kappa shape index (κ2) is 11.8. The van der Waals surface area contributed by atoms with E-state index < -0.39 is 47.6 Å². The maximum atomic E-state index is 13.8. The van der Waals surface area contributed by atoms with Crippen molar-refractivity contribution in [3.05, 3.63) is 70.5 Å². The summed E-state index contributed by atoms with van der Waals surface area (Å²) >= 11 is 0. The number of carbonyl (C=O) groups excluding carboxylic acids is 1. The van der Waals surface area contributed by atoms with E-state index in [2.05, 4.69) is 4.90 Å². The van der Waals surface area contributed by atoms with E-state index in [0.717, 1.165) is 5.56 Å². The Morgan fingerprint density at radius 3 is 2.10 bits per heavy atom. The molecule has 5 nitrogen and oxygen atoms in total. The standard InChI is InChI=1S/C30H33F7N2O3/c1-17(20-12-21(29(32,33)34)15-22(13-20)30(35,36)37)42-26-16-39-9-6-19(28(41)38-10-7-24(40)8-11-38)14-25(39)27(26)18-2-4-23(31)5-3-18/h2-5,12-13,15,17,19,24-27,40H,6-11,14,16H2,1H3/t17-,19?,25?,26?,27-/m1/s1. The highest BCUT2D eigenvalue weighted by atomic mass is 19.4. The SMILES string of the molecule is C[C@@H](OC1CN2CCC(C(=O)N3CCC(O)CC3)CC2[C@H]1c1ccc(F)cc1)c1cc(C(F)(F)F)cc(C(F)(F)F)c1. The number of fused-ring (bicyclic) bond motifs is 1. The molecule has 3 unspecified atom stereocenters. The van der Waals surface area contributed by atoms with Gasteiger partial charge in [-0.05, 0) is 80.6 Å². The number of piperidine rings is 2. The zero-order chi connectivity index (χ0) is 30.4. The largest absolute Gasteiger partial charge is 0.416 e. The minimum absolute atomic E-state index is 0.0146. The van der Waals surface area contributed by atoms with Crippen LogP contribution in [0.3, 0.4) is 0 Å². The fourth-order valence-corrected chi connectivity index (χ4v) is 6.61. The number of amides is 1. The van der Waals surface area contributed by atoms with Gasteiger partial charge in [0.05, 0.1) is 29.4 Å². The zero-order valence-corrected chi connectivity index (χ0v) is 23.0. The van der Waals surface area contributed by atoms with Crippen molar-refractivity contribution in [1.29, 1.82) is 0 Å². The number of likely N-dealkylation sites (tertiary alicyclic amines) is 1. The van der Waals surface area contributed by atoms with Crippen LogP contribution < -0.4 is 0 Å². The molecule has 3 aliphatic heterocycles. The van der Waals surface area contributed by atoms with E-state index in [1.807, 2.05) is 0 Å². The third-order valence-corrected chi connectivity index (χ3v) is 8.83. The van der Waals surface area contributed by atoms with Crippen molar-refractivity contribution in [2.75, 3.05) is 26.2 Å². The summed E-state index contributed by atoms with van der Waals surface area (Å²) in [5.41, 5.74) is -2.35. The van der Waals surface area contributed by atoms with E-state index in [1.165, 1.54) is 19.1 Å². The Bertz CT molecular complexity index is 1230. The Morgan fingerprint density at radius 2 is 1.52 bits per heavy atom. The van der Waals surface area contributed by atoms with Crippen LogP contribution in [0, 0.1) is 11.7 Å². The average molecular weight is 603 g/mol. The van der Waals surface area contributed by atoms with Crippen molar-refractivity contribution in [3.63, 3.8) is 0 Å². The summed E-state index contributed by atoms with van der Waals surface area (Å²) in [6.45, 7) is 3.30. The van der Waals surface area contributed by atoms with E-state index in [1.54, 1.807) is 17.0 Å². The summed E-state index contributed by atoms with van der Waals surface area (Å²) in [5.74, 6) is -1.11. The molecular weight excluding hydrogens is 569 g/mol. The highest BCUT2D eigenvalue weighted by Gasteiger charge is 2.48. The van der Waals surface area contributed by atoms with E-state index in [-0.39, 0.29) is 35.4 Å². The lowest BCUT2D eigenvalue weighted by atomic mass is 9.81. The van der Waals surface area contributed by atoms with Gasteiger partial charge < -0.3 is 14.7 Å². The quantitative estimate of drug-likeness (QED) is 0.416. The Morgan fingerprint density at radius 1 is 0.929 bits per heavy atom. The number of ether oxygens (including phenoxy) is 1. The number of rotatable bonds is 5. The second-order valence-electron chi connectivity index (χ2n) is 11.6. The maximum Gasteiger partial charge on any atom is 0.416 e. The molecular formula is C30H33F7N2O3. The molecule has 230 valence electrons. The first kappa shape index (κ1) is 30.7. The zero-order valence-electron chi connectivity index (χ0n) is 23.0. The lowest BCUT2D eigenvalue weighted by Crippen LogP contribution is -2.48. The molecule has 0 radical (unpaired) electrons. The highest BCUT2D eigenvalue weighted by Crippen LogP contribution is 2.45. The molecule has 3 fully saturated rings. The molecule has 0 aliphatic carbocycles. The molecule has 5 rings (SSSR count). The number of aliphatic hydroxyl groups excluding tert-OH is 1. The van der Waals surface area contributed by atoms with Gasteiger partial charge in [0, 0.05) is 37.5 Å². The number of aliphatic hydroxyl groups is 1. The molecule has 0 aromatic heterocycles. The van der Waals surface area contributed by atoms with E-state index in [9.17, 15) is 40.6 Å². The predicted molar refractivity (Wildman–Crippen MR) is 139 cm³/mol. The van der Waals surface area contributed by atoms with Crippen LogP contribution in [0.4, 0.5) is 30.7 Å². The third kappa shape index (κ3) is 6.60. The summed E-state index contributed by atoms with van der Waals surface area (Å²) in [4.78, 5) is 17.3. The number of hydrogen-bond donors (Lipinski definition) is 1. The number of carbonyl (C=O) groups is 1. The minimum atomic E-state index is -4.98. The predicted octanol–water partition coefficient (Wildman–Crippen LogP) is 6.17. The van der Waals surface area contributed by atoms with Gasteiger partial charge in [-0.3, -0.25) is 9.69 Å². The van der Waals surface area contributed by atoms with Crippen molar-refractivity contribution in [2.24, 2.45) is 5.92 Å². The first-order chi connectivity index (χ1) is 19.7. The second-order valence-corrected chi connectivity index (χ2v) is 11.6. The van der Waals surface area contributed by atoms with Crippen LogP contribution in [-0.4, -0.2) is 65.2 Å². The lowest BCUT2D eigenvalue weighted by molar-refractivity contribution is -0.143. The molecule has 0 spiro atoms. The summed E-state index contributed by atoms with van der Waals surface area (Å²) in [7, 11) is 0. The van der Waals surface area contributed by atoms with Gasteiger partial charge >= 0.3 is 12.4 Å². The van der Waals surface area contributed by atoms with Crippen LogP contribution in [0.15, 0.2) is 42.5 Å². The molecule has 2 aromatic carbocycles. The molecule has 1 amide bonds. The minimum Gasteiger partial charge on any atom is -0.393 e. The number of hydrogen-bond acceptors (Lipinski definition) is 4. The summed E-state index contributed by atoms with van der Waals surface area (Å²) < 4.78 is 101. The monoisotopic (exact) mass is 602 g/mol. The van der Waals surface area contributed by atoms with Gasteiger partial charge in [-0.2, -0.15) is 26.3 Å². The van der Waals surface area contributed by atoms with Crippen LogP contribution in [0.5, 0.6) is 0 Å². The summed E-state index contributed by atoms with van der Waals surface area (Å²) in [5, 5.41) is 9.82. The van der Waals surface area contributed by atoms with Gasteiger partial charge in [0.25, 0.3) is 0 Å². The van der Waals surface area contributed by atoms with Gasteiger partial charge in [0.2, 0.25) is 5.91 Å². The molecule has 3 saturated heterocycles. The molecule has 3 heterocycles. The van der Waals surface area contributed by atoms with Crippen molar-refractivity contribution in [2.45, 2.75) is 75.2 Å². The molecule has 5 atom stereocenters.